The standard InChI is InChI=1S/C13H23NO/c14-12(15)13(9-5-2-6-10-13)11-7-3-1-4-8-11/h11H,1-10H2,(H2,14,15). The smallest absolute Gasteiger partial charge is 0.223 e. The van der Waals surface area contributed by atoms with Gasteiger partial charge in [-0.15, -0.1) is 0 Å². The van der Waals surface area contributed by atoms with Crippen LogP contribution in [0.5, 0.6) is 0 Å². The maximum Gasteiger partial charge on any atom is 0.223 e. The molecule has 2 heteroatoms. The van der Waals surface area contributed by atoms with Crippen LogP contribution in [-0.2, 0) is 4.79 Å². The highest BCUT2D eigenvalue weighted by Gasteiger charge is 2.44. The molecule has 0 aromatic carbocycles. The fourth-order valence-electron chi connectivity index (χ4n) is 3.69. The van der Waals surface area contributed by atoms with Crippen molar-refractivity contribution in [3.8, 4) is 0 Å². The van der Waals surface area contributed by atoms with E-state index in [0.29, 0.717) is 5.92 Å². The lowest BCUT2D eigenvalue weighted by Crippen LogP contribution is -2.45. The molecule has 1 amide bonds. The van der Waals surface area contributed by atoms with E-state index >= 15 is 0 Å². The number of rotatable bonds is 2. The van der Waals surface area contributed by atoms with Crippen molar-refractivity contribution < 1.29 is 4.79 Å². The number of nitrogens with two attached hydrogens (primary N) is 1. The second-order valence-corrected chi connectivity index (χ2v) is 5.42. The maximum absolute atomic E-state index is 11.8. The van der Waals surface area contributed by atoms with Crippen molar-refractivity contribution >= 4 is 5.91 Å². The summed E-state index contributed by atoms with van der Waals surface area (Å²) >= 11 is 0. The highest BCUT2D eigenvalue weighted by atomic mass is 16.1. The van der Waals surface area contributed by atoms with Crippen LogP contribution in [0.1, 0.15) is 64.2 Å². The van der Waals surface area contributed by atoms with Crippen LogP contribution < -0.4 is 5.73 Å². The molecule has 2 aliphatic carbocycles. The van der Waals surface area contributed by atoms with E-state index in [0.717, 1.165) is 12.8 Å². The maximum atomic E-state index is 11.8. The molecule has 0 aliphatic heterocycles. The van der Waals surface area contributed by atoms with Crippen molar-refractivity contribution in [2.75, 3.05) is 0 Å². The van der Waals surface area contributed by atoms with Crippen LogP contribution in [0.2, 0.25) is 0 Å². The zero-order valence-corrected chi connectivity index (χ0v) is 9.63. The van der Waals surface area contributed by atoms with Gasteiger partial charge in [0.15, 0.2) is 0 Å². The van der Waals surface area contributed by atoms with E-state index in [1.54, 1.807) is 0 Å². The van der Waals surface area contributed by atoms with Crippen LogP contribution in [0.4, 0.5) is 0 Å². The third-order valence-corrected chi connectivity index (χ3v) is 4.62. The number of primary amides is 1. The normalized spacial score (nSPS) is 27.5. The Morgan fingerprint density at radius 1 is 0.933 bits per heavy atom. The van der Waals surface area contributed by atoms with Gasteiger partial charge in [-0.1, -0.05) is 38.5 Å². The van der Waals surface area contributed by atoms with Crippen LogP contribution in [0.3, 0.4) is 0 Å². The highest BCUT2D eigenvalue weighted by Crippen LogP contribution is 2.47. The van der Waals surface area contributed by atoms with E-state index in [4.69, 9.17) is 5.73 Å². The van der Waals surface area contributed by atoms with Gasteiger partial charge in [0.25, 0.3) is 0 Å². The summed E-state index contributed by atoms with van der Waals surface area (Å²) in [4.78, 5) is 11.8. The second-order valence-electron chi connectivity index (χ2n) is 5.42. The van der Waals surface area contributed by atoms with Crippen molar-refractivity contribution in [2.24, 2.45) is 17.1 Å². The molecule has 2 N–H and O–H groups in total. The zero-order chi connectivity index (χ0) is 10.7. The molecule has 0 aromatic heterocycles. The molecule has 0 saturated heterocycles. The van der Waals surface area contributed by atoms with Gasteiger partial charge in [0.1, 0.15) is 0 Å². The van der Waals surface area contributed by atoms with E-state index < -0.39 is 0 Å². The van der Waals surface area contributed by atoms with Gasteiger partial charge >= 0.3 is 0 Å². The first-order valence-corrected chi connectivity index (χ1v) is 6.56. The van der Waals surface area contributed by atoms with Crippen molar-refractivity contribution in [1.29, 1.82) is 0 Å². The molecule has 2 saturated carbocycles. The van der Waals surface area contributed by atoms with Crippen molar-refractivity contribution in [3.05, 3.63) is 0 Å². The first kappa shape index (κ1) is 11.0. The molecule has 2 rings (SSSR count). The summed E-state index contributed by atoms with van der Waals surface area (Å²) in [5.41, 5.74) is 5.58. The third-order valence-electron chi connectivity index (χ3n) is 4.62. The summed E-state index contributed by atoms with van der Waals surface area (Å²) in [5.74, 6) is 0.596. The van der Waals surface area contributed by atoms with Crippen molar-refractivity contribution in [2.45, 2.75) is 64.2 Å². The van der Waals surface area contributed by atoms with Crippen LogP contribution in [-0.4, -0.2) is 5.91 Å². The van der Waals surface area contributed by atoms with E-state index in [1.807, 2.05) is 0 Å². The summed E-state index contributed by atoms with van der Waals surface area (Å²) in [6.07, 6.45) is 12.3. The first-order valence-electron chi connectivity index (χ1n) is 6.56. The van der Waals surface area contributed by atoms with Crippen LogP contribution in [0.25, 0.3) is 0 Å². The second kappa shape index (κ2) is 4.54. The quantitative estimate of drug-likeness (QED) is 0.746. The molecule has 0 aromatic rings. The molecular formula is C13H23NO. The van der Waals surface area contributed by atoms with Gasteiger partial charge in [0, 0.05) is 0 Å². The molecule has 2 nitrogen and oxygen atoms in total. The molecule has 15 heavy (non-hydrogen) atoms. The number of amides is 1. The van der Waals surface area contributed by atoms with E-state index in [9.17, 15) is 4.79 Å². The first-order chi connectivity index (χ1) is 7.26. The zero-order valence-electron chi connectivity index (χ0n) is 9.63. The summed E-state index contributed by atoms with van der Waals surface area (Å²) in [6.45, 7) is 0. The molecule has 0 heterocycles. The van der Waals surface area contributed by atoms with Crippen LogP contribution in [0.15, 0.2) is 0 Å². The van der Waals surface area contributed by atoms with Crippen LogP contribution >= 0.6 is 0 Å². The predicted octanol–water partition coefficient (Wildman–Crippen LogP) is 3.00. The lowest BCUT2D eigenvalue weighted by molar-refractivity contribution is -0.134. The van der Waals surface area contributed by atoms with Crippen molar-refractivity contribution in [3.63, 3.8) is 0 Å². The predicted molar refractivity (Wildman–Crippen MR) is 61.3 cm³/mol. The minimum absolute atomic E-state index is 0.00546. The molecule has 2 aliphatic rings. The largest absolute Gasteiger partial charge is 0.369 e. The Morgan fingerprint density at radius 3 is 2.00 bits per heavy atom. The highest BCUT2D eigenvalue weighted by molar-refractivity contribution is 5.81. The fraction of sp³-hybridized carbons (Fsp3) is 0.923. The Kier molecular flexibility index (Phi) is 3.32. The lowest BCUT2D eigenvalue weighted by Gasteiger charge is -2.42. The number of hydrogen-bond acceptors (Lipinski definition) is 1. The molecule has 0 spiro atoms. The van der Waals surface area contributed by atoms with E-state index in [2.05, 4.69) is 0 Å². The van der Waals surface area contributed by atoms with Gasteiger partial charge in [-0.05, 0) is 31.6 Å². The van der Waals surface area contributed by atoms with Gasteiger partial charge in [-0.25, -0.2) is 0 Å². The molecule has 86 valence electrons. The Balaban J connectivity index is 2.12. The Hall–Kier alpha value is -0.530. The average Bonchev–Trinajstić information content (AvgIpc) is 2.31. The Morgan fingerprint density at radius 2 is 1.47 bits per heavy atom. The molecule has 0 atom stereocenters. The van der Waals surface area contributed by atoms with E-state index in [1.165, 1.54) is 51.4 Å². The SMILES string of the molecule is NC(=O)C1(C2CCCCC2)CCCCC1. The van der Waals surface area contributed by atoms with Gasteiger partial charge < -0.3 is 5.73 Å². The Bertz CT molecular complexity index is 225. The topological polar surface area (TPSA) is 43.1 Å². The number of hydrogen-bond donors (Lipinski definition) is 1. The monoisotopic (exact) mass is 209 g/mol. The molecular weight excluding hydrogens is 186 g/mol. The third kappa shape index (κ3) is 2.04. The number of carbonyl (C=O) groups excluding carboxylic acids is 1. The van der Waals surface area contributed by atoms with Gasteiger partial charge in [0.2, 0.25) is 5.91 Å². The van der Waals surface area contributed by atoms with Crippen molar-refractivity contribution in [1.82, 2.24) is 0 Å². The summed E-state index contributed by atoms with van der Waals surface area (Å²) in [7, 11) is 0. The number of carbonyl (C=O) groups is 1. The van der Waals surface area contributed by atoms with Gasteiger partial charge in [-0.3, -0.25) is 4.79 Å². The molecule has 2 fully saturated rings. The van der Waals surface area contributed by atoms with Crippen LogP contribution in [0, 0.1) is 11.3 Å². The summed E-state index contributed by atoms with van der Waals surface area (Å²) < 4.78 is 0. The van der Waals surface area contributed by atoms with Gasteiger partial charge in [-0.2, -0.15) is 0 Å². The molecule has 0 unspecified atom stereocenters. The molecule has 0 radical (unpaired) electrons. The lowest BCUT2D eigenvalue weighted by atomic mass is 9.61. The minimum Gasteiger partial charge on any atom is -0.369 e. The van der Waals surface area contributed by atoms with Gasteiger partial charge in [0.05, 0.1) is 5.41 Å². The average molecular weight is 209 g/mol. The minimum atomic E-state index is -0.112. The Labute approximate surface area is 92.6 Å². The summed E-state index contributed by atoms with van der Waals surface area (Å²) in [6, 6.07) is 0. The van der Waals surface area contributed by atoms with E-state index in [-0.39, 0.29) is 11.3 Å². The molecule has 0 bridgehead atoms. The fourth-order valence-corrected chi connectivity index (χ4v) is 3.69. The summed E-state index contributed by atoms with van der Waals surface area (Å²) in [5, 5.41) is 0.